The minimum Gasteiger partial charge on any atom is -0.324 e. The molecule has 0 aliphatic carbocycles. The SMILES string of the molecule is C[C@@H](N)c1cc(Cl)ccc1F. The van der Waals surface area contributed by atoms with Crippen molar-refractivity contribution in [2.45, 2.75) is 13.0 Å². The summed E-state index contributed by atoms with van der Waals surface area (Å²) < 4.78 is 12.9. The second kappa shape index (κ2) is 3.20. The fourth-order valence-electron chi connectivity index (χ4n) is 0.864. The molecule has 0 aromatic heterocycles. The fraction of sp³-hybridized carbons (Fsp3) is 0.250. The number of rotatable bonds is 1. The summed E-state index contributed by atoms with van der Waals surface area (Å²) in [6, 6.07) is 4.06. The zero-order valence-corrected chi connectivity index (χ0v) is 6.90. The van der Waals surface area contributed by atoms with Gasteiger partial charge < -0.3 is 5.73 Å². The quantitative estimate of drug-likeness (QED) is 0.694. The van der Waals surface area contributed by atoms with Gasteiger partial charge in [-0.1, -0.05) is 11.6 Å². The molecule has 0 fully saturated rings. The summed E-state index contributed by atoms with van der Waals surface area (Å²) in [5.74, 6) is -0.301. The number of halogens is 2. The first-order chi connectivity index (χ1) is 5.11. The predicted octanol–water partition coefficient (Wildman–Crippen LogP) is 2.50. The molecule has 0 radical (unpaired) electrons. The normalized spacial score (nSPS) is 13.1. The molecule has 0 heterocycles. The Bertz CT molecular complexity index is 260. The van der Waals surface area contributed by atoms with Gasteiger partial charge in [-0.25, -0.2) is 4.39 Å². The van der Waals surface area contributed by atoms with Crippen LogP contribution in [0, 0.1) is 5.82 Å². The summed E-state index contributed by atoms with van der Waals surface area (Å²) >= 11 is 5.64. The molecule has 0 aliphatic heterocycles. The van der Waals surface area contributed by atoms with Crippen LogP contribution in [-0.4, -0.2) is 0 Å². The lowest BCUT2D eigenvalue weighted by molar-refractivity contribution is 0.594. The van der Waals surface area contributed by atoms with Crippen LogP contribution >= 0.6 is 11.6 Å². The Morgan fingerprint density at radius 3 is 2.64 bits per heavy atom. The highest BCUT2D eigenvalue weighted by atomic mass is 35.5. The number of hydrogen-bond acceptors (Lipinski definition) is 1. The van der Waals surface area contributed by atoms with Gasteiger partial charge in [-0.15, -0.1) is 0 Å². The van der Waals surface area contributed by atoms with Crippen LogP contribution in [0.5, 0.6) is 0 Å². The lowest BCUT2D eigenvalue weighted by atomic mass is 10.1. The number of nitrogens with two attached hydrogens (primary N) is 1. The Kier molecular flexibility index (Phi) is 2.47. The molecule has 1 atom stereocenters. The molecule has 0 unspecified atom stereocenters. The van der Waals surface area contributed by atoms with Crippen molar-refractivity contribution in [2.75, 3.05) is 0 Å². The van der Waals surface area contributed by atoms with E-state index in [1.807, 2.05) is 0 Å². The first-order valence-corrected chi connectivity index (χ1v) is 3.69. The Morgan fingerprint density at radius 1 is 1.55 bits per heavy atom. The average Bonchev–Trinajstić information content (AvgIpc) is 1.94. The fourth-order valence-corrected chi connectivity index (χ4v) is 1.04. The van der Waals surface area contributed by atoms with Crippen molar-refractivity contribution in [3.8, 4) is 0 Å². The highest BCUT2D eigenvalue weighted by Crippen LogP contribution is 2.19. The molecule has 1 aromatic rings. The molecule has 11 heavy (non-hydrogen) atoms. The van der Waals surface area contributed by atoms with Crippen LogP contribution < -0.4 is 5.73 Å². The van der Waals surface area contributed by atoms with Gasteiger partial charge in [-0.2, -0.15) is 0 Å². The maximum atomic E-state index is 12.9. The molecule has 3 heteroatoms. The van der Waals surface area contributed by atoms with E-state index < -0.39 is 0 Å². The van der Waals surface area contributed by atoms with Crippen molar-refractivity contribution in [3.63, 3.8) is 0 Å². The molecule has 2 N–H and O–H groups in total. The summed E-state index contributed by atoms with van der Waals surface area (Å²) in [4.78, 5) is 0. The van der Waals surface area contributed by atoms with Gasteiger partial charge in [0.1, 0.15) is 5.82 Å². The standard InChI is InChI=1S/C8H9ClFN/c1-5(11)7-4-6(9)2-3-8(7)10/h2-5H,11H2,1H3/t5-/m1/s1. The van der Waals surface area contributed by atoms with E-state index in [4.69, 9.17) is 17.3 Å². The van der Waals surface area contributed by atoms with Crippen LogP contribution in [0.1, 0.15) is 18.5 Å². The molecule has 0 spiro atoms. The third-order valence-electron chi connectivity index (χ3n) is 1.45. The van der Waals surface area contributed by atoms with E-state index in [9.17, 15) is 4.39 Å². The lowest BCUT2D eigenvalue weighted by Crippen LogP contribution is -2.06. The summed E-state index contributed by atoms with van der Waals surface area (Å²) in [6.45, 7) is 1.72. The molecule has 1 aromatic carbocycles. The van der Waals surface area contributed by atoms with Gasteiger partial charge in [0, 0.05) is 16.6 Å². The van der Waals surface area contributed by atoms with Gasteiger partial charge in [-0.3, -0.25) is 0 Å². The van der Waals surface area contributed by atoms with Crippen LogP contribution in [-0.2, 0) is 0 Å². The minimum atomic E-state index is -0.311. The first-order valence-electron chi connectivity index (χ1n) is 3.32. The molecule has 0 saturated carbocycles. The maximum absolute atomic E-state index is 12.9. The van der Waals surface area contributed by atoms with Crippen LogP contribution in [0.25, 0.3) is 0 Å². The molecule has 1 rings (SSSR count). The van der Waals surface area contributed by atoms with Crippen molar-refractivity contribution < 1.29 is 4.39 Å². The van der Waals surface area contributed by atoms with Crippen LogP contribution in [0.3, 0.4) is 0 Å². The summed E-state index contributed by atoms with van der Waals surface area (Å²) in [5.41, 5.74) is 5.94. The molecule has 0 saturated heterocycles. The van der Waals surface area contributed by atoms with Crippen molar-refractivity contribution in [1.82, 2.24) is 0 Å². The van der Waals surface area contributed by atoms with Crippen molar-refractivity contribution in [2.24, 2.45) is 5.73 Å². The van der Waals surface area contributed by atoms with Crippen molar-refractivity contribution >= 4 is 11.6 Å². The van der Waals surface area contributed by atoms with Crippen molar-refractivity contribution in [3.05, 3.63) is 34.6 Å². The van der Waals surface area contributed by atoms with E-state index in [0.29, 0.717) is 10.6 Å². The van der Waals surface area contributed by atoms with E-state index in [1.165, 1.54) is 12.1 Å². The zero-order valence-electron chi connectivity index (χ0n) is 6.14. The van der Waals surface area contributed by atoms with E-state index >= 15 is 0 Å². The minimum absolute atomic E-state index is 0.301. The second-order valence-corrected chi connectivity index (χ2v) is 2.89. The smallest absolute Gasteiger partial charge is 0.128 e. The number of benzene rings is 1. The van der Waals surface area contributed by atoms with Crippen LogP contribution in [0.4, 0.5) is 4.39 Å². The molecular formula is C8H9ClFN. The van der Waals surface area contributed by atoms with Gasteiger partial charge in [0.25, 0.3) is 0 Å². The predicted molar refractivity (Wildman–Crippen MR) is 44.0 cm³/mol. The Morgan fingerprint density at radius 2 is 2.18 bits per heavy atom. The molecule has 0 amide bonds. The molecular weight excluding hydrogens is 165 g/mol. The second-order valence-electron chi connectivity index (χ2n) is 2.45. The largest absolute Gasteiger partial charge is 0.324 e. The summed E-state index contributed by atoms with van der Waals surface area (Å²) in [7, 11) is 0. The third kappa shape index (κ3) is 1.91. The Labute approximate surface area is 70.0 Å². The van der Waals surface area contributed by atoms with Gasteiger partial charge in [-0.05, 0) is 25.1 Å². The van der Waals surface area contributed by atoms with E-state index in [2.05, 4.69) is 0 Å². The monoisotopic (exact) mass is 173 g/mol. The van der Waals surface area contributed by atoms with E-state index in [-0.39, 0.29) is 11.9 Å². The number of hydrogen-bond donors (Lipinski definition) is 1. The van der Waals surface area contributed by atoms with Crippen LogP contribution in [0.2, 0.25) is 5.02 Å². The van der Waals surface area contributed by atoms with Crippen molar-refractivity contribution in [1.29, 1.82) is 0 Å². The average molecular weight is 174 g/mol. The van der Waals surface area contributed by atoms with Crippen LogP contribution in [0.15, 0.2) is 18.2 Å². The Balaban J connectivity index is 3.13. The maximum Gasteiger partial charge on any atom is 0.128 e. The molecule has 1 nitrogen and oxygen atoms in total. The highest BCUT2D eigenvalue weighted by Gasteiger charge is 2.06. The lowest BCUT2D eigenvalue weighted by Gasteiger charge is -2.06. The molecule has 0 aliphatic rings. The topological polar surface area (TPSA) is 26.0 Å². The highest BCUT2D eigenvalue weighted by molar-refractivity contribution is 6.30. The van der Waals surface area contributed by atoms with Gasteiger partial charge in [0.2, 0.25) is 0 Å². The Hall–Kier alpha value is -0.600. The van der Waals surface area contributed by atoms with Gasteiger partial charge in [0.05, 0.1) is 0 Å². The molecule has 0 bridgehead atoms. The summed E-state index contributed by atoms with van der Waals surface area (Å²) in [5, 5.41) is 0.513. The van der Waals surface area contributed by atoms with E-state index in [1.54, 1.807) is 13.0 Å². The van der Waals surface area contributed by atoms with Gasteiger partial charge in [0.15, 0.2) is 0 Å². The molecule has 60 valence electrons. The van der Waals surface area contributed by atoms with Gasteiger partial charge >= 0.3 is 0 Å². The van der Waals surface area contributed by atoms with E-state index in [0.717, 1.165) is 0 Å². The summed E-state index contributed by atoms with van der Waals surface area (Å²) in [6.07, 6.45) is 0. The first kappa shape index (κ1) is 8.50. The third-order valence-corrected chi connectivity index (χ3v) is 1.68. The zero-order chi connectivity index (χ0) is 8.43.